The van der Waals surface area contributed by atoms with Crippen LogP contribution in [0, 0.1) is 17.1 Å². The molecule has 0 atom stereocenters. The van der Waals surface area contributed by atoms with Gasteiger partial charge in [-0.1, -0.05) is 53.5 Å². The smallest absolute Gasteiger partial charge is 0.266 e. The summed E-state index contributed by atoms with van der Waals surface area (Å²) in [5.74, 6) is -0.498. The van der Waals surface area contributed by atoms with Gasteiger partial charge >= 0.3 is 0 Å². The fourth-order valence-electron chi connectivity index (χ4n) is 2.60. The Labute approximate surface area is 183 Å². The Bertz CT molecular complexity index is 1160. The number of para-hydroxylation sites is 1. The number of hydrogen-bond donors (Lipinski definition) is 1. The standard InChI is InChI=1S/C23H15Cl2FN2O2/c24-20-9-8-19(12-21(20)25)28-23(29)17(13-27)11-16-5-1-2-7-22(16)30-14-15-4-3-6-18(26)10-15/h1-12H,14H2,(H,28,29)/b17-11+. The quantitative estimate of drug-likeness (QED) is 0.363. The van der Waals surface area contributed by atoms with Crippen molar-refractivity contribution in [3.05, 3.63) is 99.3 Å². The fraction of sp³-hybridized carbons (Fsp3) is 0.0435. The maximum atomic E-state index is 13.3. The number of nitrogens with one attached hydrogen (secondary N) is 1. The van der Waals surface area contributed by atoms with Gasteiger partial charge in [0.1, 0.15) is 29.8 Å². The molecular weight excluding hydrogens is 426 g/mol. The number of carbonyl (C=O) groups excluding carboxylic acids is 1. The molecule has 30 heavy (non-hydrogen) atoms. The Balaban J connectivity index is 1.79. The molecule has 0 aliphatic rings. The molecule has 1 N–H and O–H groups in total. The van der Waals surface area contributed by atoms with Crippen LogP contribution in [0.2, 0.25) is 10.0 Å². The minimum atomic E-state index is -0.601. The average molecular weight is 441 g/mol. The number of carbonyl (C=O) groups is 1. The van der Waals surface area contributed by atoms with E-state index in [9.17, 15) is 14.4 Å². The van der Waals surface area contributed by atoms with Crippen molar-refractivity contribution < 1.29 is 13.9 Å². The number of amides is 1. The number of halogens is 3. The van der Waals surface area contributed by atoms with E-state index in [1.807, 2.05) is 6.07 Å². The number of rotatable bonds is 6. The van der Waals surface area contributed by atoms with E-state index in [4.69, 9.17) is 27.9 Å². The van der Waals surface area contributed by atoms with Gasteiger partial charge in [0, 0.05) is 11.3 Å². The molecule has 0 heterocycles. The van der Waals surface area contributed by atoms with E-state index in [0.717, 1.165) is 0 Å². The third kappa shape index (κ3) is 5.60. The minimum absolute atomic E-state index is 0.122. The second-order valence-electron chi connectivity index (χ2n) is 6.21. The molecule has 0 unspecified atom stereocenters. The van der Waals surface area contributed by atoms with E-state index >= 15 is 0 Å². The van der Waals surface area contributed by atoms with Crippen molar-refractivity contribution in [1.82, 2.24) is 0 Å². The highest BCUT2D eigenvalue weighted by Crippen LogP contribution is 2.26. The van der Waals surface area contributed by atoms with Crippen molar-refractivity contribution in [2.24, 2.45) is 0 Å². The predicted octanol–water partition coefficient (Wildman–Crippen LogP) is 6.26. The molecular formula is C23H15Cl2FN2O2. The number of benzene rings is 3. The molecule has 0 bridgehead atoms. The topological polar surface area (TPSA) is 62.1 Å². The second kappa shape index (κ2) is 9.93. The largest absolute Gasteiger partial charge is 0.488 e. The van der Waals surface area contributed by atoms with Gasteiger partial charge < -0.3 is 10.1 Å². The van der Waals surface area contributed by atoms with E-state index in [1.54, 1.807) is 48.5 Å². The van der Waals surface area contributed by atoms with E-state index in [0.29, 0.717) is 27.6 Å². The summed E-state index contributed by atoms with van der Waals surface area (Å²) in [4.78, 5) is 12.5. The van der Waals surface area contributed by atoms with Crippen LogP contribution in [0.4, 0.5) is 10.1 Å². The van der Waals surface area contributed by atoms with Crippen molar-refractivity contribution in [2.75, 3.05) is 5.32 Å². The molecule has 0 aromatic heterocycles. The van der Waals surface area contributed by atoms with Gasteiger partial charge in [-0.2, -0.15) is 5.26 Å². The summed E-state index contributed by atoms with van der Waals surface area (Å²) in [6.45, 7) is 0.139. The first-order valence-electron chi connectivity index (χ1n) is 8.81. The molecule has 3 aromatic carbocycles. The summed E-state index contributed by atoms with van der Waals surface area (Å²) in [6, 6.07) is 19.5. The molecule has 7 heteroatoms. The molecule has 3 rings (SSSR count). The van der Waals surface area contributed by atoms with Crippen molar-refractivity contribution in [3.8, 4) is 11.8 Å². The van der Waals surface area contributed by atoms with Crippen LogP contribution in [0.1, 0.15) is 11.1 Å². The maximum Gasteiger partial charge on any atom is 0.266 e. The molecule has 1 amide bonds. The molecule has 0 aliphatic carbocycles. The van der Waals surface area contributed by atoms with Crippen LogP contribution >= 0.6 is 23.2 Å². The highest BCUT2D eigenvalue weighted by molar-refractivity contribution is 6.42. The molecule has 0 spiro atoms. The molecule has 3 aromatic rings. The normalized spacial score (nSPS) is 10.9. The average Bonchev–Trinajstić information content (AvgIpc) is 2.74. The summed E-state index contributed by atoms with van der Waals surface area (Å²) < 4.78 is 19.1. The van der Waals surface area contributed by atoms with E-state index < -0.39 is 5.91 Å². The van der Waals surface area contributed by atoms with Crippen molar-refractivity contribution in [1.29, 1.82) is 5.26 Å². The van der Waals surface area contributed by atoms with Gasteiger partial charge in [0.2, 0.25) is 0 Å². The number of anilines is 1. The van der Waals surface area contributed by atoms with Crippen molar-refractivity contribution in [2.45, 2.75) is 6.61 Å². The van der Waals surface area contributed by atoms with E-state index in [1.165, 1.54) is 24.3 Å². The van der Waals surface area contributed by atoms with Crippen molar-refractivity contribution in [3.63, 3.8) is 0 Å². The highest BCUT2D eigenvalue weighted by atomic mass is 35.5. The summed E-state index contributed by atoms with van der Waals surface area (Å²) in [7, 11) is 0. The summed E-state index contributed by atoms with van der Waals surface area (Å²) >= 11 is 11.8. The first-order valence-corrected chi connectivity index (χ1v) is 9.56. The van der Waals surface area contributed by atoms with Crippen LogP contribution in [0.3, 0.4) is 0 Å². The van der Waals surface area contributed by atoms with Gasteiger partial charge in [-0.05, 0) is 48.0 Å². The van der Waals surface area contributed by atoms with Crippen LogP contribution in [0.25, 0.3) is 6.08 Å². The maximum absolute atomic E-state index is 13.3. The monoisotopic (exact) mass is 440 g/mol. The van der Waals surface area contributed by atoms with Gasteiger partial charge in [-0.15, -0.1) is 0 Å². The van der Waals surface area contributed by atoms with Crippen LogP contribution < -0.4 is 10.1 Å². The van der Waals surface area contributed by atoms with E-state index in [-0.39, 0.29) is 23.0 Å². The zero-order valence-corrected chi connectivity index (χ0v) is 17.0. The molecule has 0 saturated heterocycles. The number of nitrogens with zero attached hydrogens (tertiary/aromatic N) is 1. The lowest BCUT2D eigenvalue weighted by molar-refractivity contribution is -0.112. The van der Waals surface area contributed by atoms with Crippen molar-refractivity contribution >= 4 is 40.9 Å². The van der Waals surface area contributed by atoms with Crippen LogP contribution in [-0.4, -0.2) is 5.91 Å². The Hall–Kier alpha value is -3.33. The molecule has 4 nitrogen and oxygen atoms in total. The van der Waals surface area contributed by atoms with Crippen LogP contribution in [0.5, 0.6) is 5.75 Å². The fourth-order valence-corrected chi connectivity index (χ4v) is 2.89. The van der Waals surface area contributed by atoms with Gasteiger partial charge in [-0.3, -0.25) is 4.79 Å². The molecule has 0 radical (unpaired) electrons. The minimum Gasteiger partial charge on any atom is -0.488 e. The zero-order chi connectivity index (χ0) is 21.5. The first kappa shape index (κ1) is 21.4. The zero-order valence-electron chi connectivity index (χ0n) is 15.5. The third-order valence-electron chi connectivity index (χ3n) is 4.04. The molecule has 0 aliphatic heterocycles. The first-order chi connectivity index (χ1) is 14.5. The summed E-state index contributed by atoms with van der Waals surface area (Å²) in [6.07, 6.45) is 1.42. The van der Waals surface area contributed by atoms with Gasteiger partial charge in [0.25, 0.3) is 5.91 Å². The summed E-state index contributed by atoms with van der Waals surface area (Å²) in [5, 5.41) is 12.7. The van der Waals surface area contributed by atoms with E-state index in [2.05, 4.69) is 5.32 Å². The lowest BCUT2D eigenvalue weighted by Gasteiger charge is -2.10. The predicted molar refractivity (Wildman–Crippen MR) is 116 cm³/mol. The van der Waals surface area contributed by atoms with Gasteiger partial charge in [0.05, 0.1) is 10.0 Å². The lowest BCUT2D eigenvalue weighted by atomic mass is 10.1. The molecule has 0 fully saturated rings. The lowest BCUT2D eigenvalue weighted by Crippen LogP contribution is -2.13. The number of hydrogen-bond acceptors (Lipinski definition) is 3. The van der Waals surface area contributed by atoms with Gasteiger partial charge in [0.15, 0.2) is 0 Å². The third-order valence-corrected chi connectivity index (χ3v) is 4.78. The summed E-state index contributed by atoms with van der Waals surface area (Å²) in [5.41, 5.74) is 1.48. The Morgan fingerprint density at radius 3 is 2.60 bits per heavy atom. The Morgan fingerprint density at radius 2 is 1.87 bits per heavy atom. The number of nitriles is 1. The Kier molecular flexibility index (Phi) is 7.08. The second-order valence-corrected chi connectivity index (χ2v) is 7.02. The van der Waals surface area contributed by atoms with Gasteiger partial charge in [-0.25, -0.2) is 4.39 Å². The van der Waals surface area contributed by atoms with Crippen LogP contribution in [-0.2, 0) is 11.4 Å². The Morgan fingerprint density at radius 1 is 1.07 bits per heavy atom. The number of ether oxygens (including phenoxy) is 1. The highest BCUT2D eigenvalue weighted by Gasteiger charge is 2.12. The van der Waals surface area contributed by atoms with Crippen LogP contribution in [0.15, 0.2) is 72.3 Å². The molecule has 0 saturated carbocycles. The SMILES string of the molecule is N#C/C(=C\c1ccccc1OCc1cccc(F)c1)C(=O)Nc1ccc(Cl)c(Cl)c1. The molecule has 150 valence electrons.